The number of benzene rings is 1. The Morgan fingerprint density at radius 1 is 1.53 bits per heavy atom. The number of fused-ring (bicyclic) bond motifs is 1. The fourth-order valence-corrected chi connectivity index (χ4v) is 2.85. The molecule has 0 unspecified atom stereocenters. The molecule has 0 aliphatic rings. The average molecular weight is 303 g/mol. The van der Waals surface area contributed by atoms with E-state index >= 15 is 0 Å². The number of amides is 1. The van der Waals surface area contributed by atoms with Crippen LogP contribution >= 0.6 is 23.7 Å². The van der Waals surface area contributed by atoms with Crippen LogP contribution in [-0.4, -0.2) is 18.5 Å². The predicted molar refractivity (Wildman–Crippen MR) is 79.8 cm³/mol. The SMILES string of the molecule is Cc1c(C(=O)N[C@@H](C)CN)sc2ccc(F)cc12.Cl. The van der Waals surface area contributed by atoms with E-state index in [4.69, 9.17) is 5.73 Å². The average Bonchev–Trinajstić information content (AvgIpc) is 2.66. The Morgan fingerprint density at radius 3 is 2.84 bits per heavy atom. The molecule has 1 atom stereocenters. The number of carbonyl (C=O) groups is 1. The first-order valence-corrected chi connectivity index (χ1v) is 6.54. The summed E-state index contributed by atoms with van der Waals surface area (Å²) in [6.07, 6.45) is 0. The van der Waals surface area contributed by atoms with Gasteiger partial charge in [0, 0.05) is 17.3 Å². The molecule has 1 aromatic carbocycles. The van der Waals surface area contributed by atoms with Crippen LogP contribution in [0.1, 0.15) is 22.2 Å². The third-order valence-corrected chi connectivity index (χ3v) is 4.11. The Morgan fingerprint density at radius 2 is 2.21 bits per heavy atom. The van der Waals surface area contributed by atoms with Gasteiger partial charge in [0.15, 0.2) is 0 Å². The molecular weight excluding hydrogens is 287 g/mol. The third kappa shape index (κ3) is 3.23. The van der Waals surface area contributed by atoms with Crippen LogP contribution in [0.4, 0.5) is 4.39 Å². The van der Waals surface area contributed by atoms with Crippen molar-refractivity contribution in [1.29, 1.82) is 0 Å². The van der Waals surface area contributed by atoms with Crippen molar-refractivity contribution in [2.24, 2.45) is 5.73 Å². The Hall–Kier alpha value is -1.17. The monoisotopic (exact) mass is 302 g/mol. The van der Waals surface area contributed by atoms with Gasteiger partial charge in [-0.1, -0.05) is 0 Å². The van der Waals surface area contributed by atoms with Crippen molar-refractivity contribution in [2.45, 2.75) is 19.9 Å². The van der Waals surface area contributed by atoms with Crippen LogP contribution in [0, 0.1) is 12.7 Å². The van der Waals surface area contributed by atoms with Gasteiger partial charge in [0.25, 0.3) is 5.91 Å². The number of hydrogen-bond acceptors (Lipinski definition) is 3. The molecule has 3 nitrogen and oxygen atoms in total. The van der Waals surface area contributed by atoms with Gasteiger partial charge in [-0.3, -0.25) is 4.79 Å². The Balaban J connectivity index is 0.00000180. The van der Waals surface area contributed by atoms with Crippen molar-refractivity contribution in [3.8, 4) is 0 Å². The second-order valence-corrected chi connectivity index (χ2v) is 5.36. The van der Waals surface area contributed by atoms with Crippen LogP contribution in [0.5, 0.6) is 0 Å². The summed E-state index contributed by atoms with van der Waals surface area (Å²) < 4.78 is 14.1. The molecule has 1 heterocycles. The lowest BCUT2D eigenvalue weighted by Gasteiger charge is -2.10. The first-order chi connectivity index (χ1) is 8.52. The normalized spacial score (nSPS) is 12.0. The van der Waals surface area contributed by atoms with E-state index in [-0.39, 0.29) is 30.2 Å². The summed E-state index contributed by atoms with van der Waals surface area (Å²) in [5.74, 6) is -0.433. The molecule has 3 N–H and O–H groups in total. The highest BCUT2D eigenvalue weighted by molar-refractivity contribution is 7.21. The Bertz CT molecular complexity index is 600. The standard InChI is InChI=1S/C13H15FN2OS.ClH/c1-7(6-15)16-13(17)12-8(2)10-5-9(14)3-4-11(10)18-12;/h3-5,7H,6,15H2,1-2H3,(H,16,17);1H/t7-;/m0./s1. The third-order valence-electron chi connectivity index (χ3n) is 2.84. The topological polar surface area (TPSA) is 55.1 Å². The van der Waals surface area contributed by atoms with Crippen molar-refractivity contribution < 1.29 is 9.18 Å². The summed E-state index contributed by atoms with van der Waals surface area (Å²) in [6.45, 7) is 4.07. The second kappa shape index (κ2) is 6.32. The van der Waals surface area contributed by atoms with Gasteiger partial charge in [0.2, 0.25) is 0 Å². The number of rotatable bonds is 3. The first-order valence-electron chi connectivity index (χ1n) is 5.72. The van der Waals surface area contributed by atoms with E-state index in [1.807, 2.05) is 13.8 Å². The fourth-order valence-electron chi connectivity index (χ4n) is 1.76. The molecule has 1 aromatic heterocycles. The van der Waals surface area contributed by atoms with Crippen LogP contribution in [0.15, 0.2) is 18.2 Å². The van der Waals surface area contributed by atoms with Crippen molar-refractivity contribution in [2.75, 3.05) is 6.54 Å². The van der Waals surface area contributed by atoms with Gasteiger partial charge in [-0.25, -0.2) is 4.39 Å². The Kier molecular flexibility index (Phi) is 5.29. The molecule has 0 spiro atoms. The van der Waals surface area contributed by atoms with Crippen molar-refractivity contribution in [1.82, 2.24) is 5.32 Å². The van der Waals surface area contributed by atoms with Gasteiger partial charge in [0.05, 0.1) is 4.88 Å². The molecule has 0 saturated carbocycles. The number of nitrogens with two attached hydrogens (primary N) is 1. The number of halogens is 2. The molecule has 0 saturated heterocycles. The van der Waals surface area contributed by atoms with E-state index in [1.165, 1.54) is 23.5 Å². The van der Waals surface area contributed by atoms with Gasteiger partial charge in [0.1, 0.15) is 5.82 Å². The summed E-state index contributed by atoms with van der Waals surface area (Å²) in [7, 11) is 0. The molecule has 0 fully saturated rings. The smallest absolute Gasteiger partial charge is 0.261 e. The fraction of sp³-hybridized carbons (Fsp3) is 0.308. The van der Waals surface area contributed by atoms with Crippen LogP contribution < -0.4 is 11.1 Å². The quantitative estimate of drug-likeness (QED) is 0.916. The van der Waals surface area contributed by atoms with E-state index in [2.05, 4.69) is 5.32 Å². The van der Waals surface area contributed by atoms with Crippen LogP contribution in [0.3, 0.4) is 0 Å². The molecule has 0 radical (unpaired) electrons. The molecule has 1 amide bonds. The highest BCUT2D eigenvalue weighted by atomic mass is 35.5. The zero-order chi connectivity index (χ0) is 13.3. The minimum atomic E-state index is -0.286. The van der Waals surface area contributed by atoms with E-state index < -0.39 is 0 Å². The number of nitrogens with one attached hydrogen (secondary N) is 1. The van der Waals surface area contributed by atoms with E-state index in [1.54, 1.807) is 6.07 Å². The molecule has 2 aromatic rings. The van der Waals surface area contributed by atoms with Crippen molar-refractivity contribution >= 4 is 39.7 Å². The van der Waals surface area contributed by atoms with Gasteiger partial charge in [-0.05, 0) is 43.0 Å². The van der Waals surface area contributed by atoms with Crippen molar-refractivity contribution in [3.05, 3.63) is 34.5 Å². The van der Waals surface area contributed by atoms with Crippen molar-refractivity contribution in [3.63, 3.8) is 0 Å². The van der Waals surface area contributed by atoms with Crippen LogP contribution in [0.25, 0.3) is 10.1 Å². The number of thiophene rings is 1. The molecule has 0 aliphatic heterocycles. The lowest BCUT2D eigenvalue weighted by atomic mass is 10.1. The highest BCUT2D eigenvalue weighted by Crippen LogP contribution is 2.31. The molecule has 2 rings (SSSR count). The largest absolute Gasteiger partial charge is 0.348 e. The maximum Gasteiger partial charge on any atom is 0.261 e. The lowest BCUT2D eigenvalue weighted by Crippen LogP contribution is -2.37. The minimum Gasteiger partial charge on any atom is -0.348 e. The van der Waals surface area contributed by atoms with Crippen LogP contribution in [-0.2, 0) is 0 Å². The molecule has 19 heavy (non-hydrogen) atoms. The molecule has 0 aliphatic carbocycles. The van der Waals surface area contributed by atoms with E-state index in [9.17, 15) is 9.18 Å². The maximum atomic E-state index is 13.2. The molecule has 6 heteroatoms. The first kappa shape index (κ1) is 15.9. The molecule has 0 bridgehead atoms. The van der Waals surface area contributed by atoms with Gasteiger partial charge in [-0.15, -0.1) is 23.7 Å². The van der Waals surface area contributed by atoms with E-state index in [0.29, 0.717) is 11.4 Å². The van der Waals surface area contributed by atoms with Gasteiger partial charge in [-0.2, -0.15) is 0 Å². The maximum absolute atomic E-state index is 13.2. The zero-order valence-corrected chi connectivity index (χ0v) is 12.3. The van der Waals surface area contributed by atoms with Gasteiger partial charge >= 0.3 is 0 Å². The highest BCUT2D eigenvalue weighted by Gasteiger charge is 2.16. The zero-order valence-electron chi connectivity index (χ0n) is 10.7. The second-order valence-electron chi connectivity index (χ2n) is 4.31. The summed E-state index contributed by atoms with van der Waals surface area (Å²) in [6, 6.07) is 4.50. The Labute approximate surface area is 121 Å². The number of aryl methyl sites for hydroxylation is 1. The summed E-state index contributed by atoms with van der Waals surface area (Å²) in [5, 5.41) is 3.61. The summed E-state index contributed by atoms with van der Waals surface area (Å²) in [4.78, 5) is 12.7. The minimum absolute atomic E-state index is 0. The number of hydrogen-bond donors (Lipinski definition) is 2. The molecule has 104 valence electrons. The predicted octanol–water partition coefficient (Wildman–Crippen LogP) is 2.85. The number of carbonyl (C=O) groups excluding carboxylic acids is 1. The molecular formula is C13H16ClFN2OS. The van der Waals surface area contributed by atoms with Gasteiger partial charge < -0.3 is 11.1 Å². The summed E-state index contributed by atoms with van der Waals surface area (Å²) in [5.41, 5.74) is 6.29. The summed E-state index contributed by atoms with van der Waals surface area (Å²) >= 11 is 1.37. The van der Waals surface area contributed by atoms with Crippen LogP contribution in [0.2, 0.25) is 0 Å². The lowest BCUT2D eigenvalue weighted by molar-refractivity contribution is 0.0945. The van der Waals surface area contributed by atoms with E-state index in [0.717, 1.165) is 15.6 Å².